The molecule has 2 aromatic rings. The van der Waals surface area contributed by atoms with Crippen molar-refractivity contribution in [1.29, 1.82) is 0 Å². The summed E-state index contributed by atoms with van der Waals surface area (Å²) in [6, 6.07) is 10.7. The first-order chi connectivity index (χ1) is 15.0. The van der Waals surface area contributed by atoms with Gasteiger partial charge in [0.25, 0.3) is 0 Å². The Morgan fingerprint density at radius 1 is 1.19 bits per heavy atom. The van der Waals surface area contributed by atoms with Crippen molar-refractivity contribution in [2.45, 2.75) is 31.6 Å². The van der Waals surface area contributed by atoms with E-state index in [9.17, 15) is 14.7 Å². The molecule has 0 bridgehead atoms. The third-order valence-electron chi connectivity index (χ3n) is 5.74. The highest BCUT2D eigenvalue weighted by Crippen LogP contribution is 2.46. The lowest BCUT2D eigenvalue weighted by molar-refractivity contribution is -0.140. The number of carbonyl (C=O) groups excluding carboxylic acids is 2. The van der Waals surface area contributed by atoms with Crippen molar-refractivity contribution in [2.75, 3.05) is 20.3 Å². The fourth-order valence-corrected chi connectivity index (χ4v) is 5.16. The Bertz CT molecular complexity index is 1040. The van der Waals surface area contributed by atoms with Crippen LogP contribution in [0.25, 0.3) is 0 Å². The minimum atomic E-state index is -0.538. The molecule has 162 valence electrons. The van der Waals surface area contributed by atoms with Crippen LogP contribution in [0.4, 0.5) is 0 Å². The van der Waals surface area contributed by atoms with Gasteiger partial charge in [0.05, 0.1) is 12.2 Å². The van der Waals surface area contributed by atoms with Gasteiger partial charge in [0.2, 0.25) is 0 Å². The van der Waals surface area contributed by atoms with Crippen LogP contribution >= 0.6 is 11.3 Å². The van der Waals surface area contributed by atoms with Crippen molar-refractivity contribution in [3.63, 3.8) is 0 Å². The van der Waals surface area contributed by atoms with E-state index in [0.29, 0.717) is 36.3 Å². The number of phenolic OH excluding ortho intramolecular Hbond substituents is 1. The van der Waals surface area contributed by atoms with Crippen molar-refractivity contribution in [2.24, 2.45) is 0 Å². The number of hydrogen-bond acceptors (Lipinski definition) is 7. The van der Waals surface area contributed by atoms with E-state index in [0.717, 1.165) is 11.3 Å². The lowest BCUT2D eigenvalue weighted by Crippen LogP contribution is -2.36. The molecule has 0 unspecified atom stereocenters. The molecule has 0 radical (unpaired) electrons. The number of aromatic hydroxyl groups is 1. The maximum atomic E-state index is 13.4. The van der Waals surface area contributed by atoms with E-state index >= 15 is 0 Å². The molecule has 2 N–H and O–H groups in total. The number of phenols is 1. The number of hydrogen-bond donors (Lipinski definition) is 2. The van der Waals surface area contributed by atoms with E-state index < -0.39 is 11.9 Å². The number of methoxy groups -OCH3 is 1. The molecule has 1 aliphatic carbocycles. The maximum absolute atomic E-state index is 13.4. The molecule has 0 saturated carbocycles. The van der Waals surface area contributed by atoms with Gasteiger partial charge in [0.15, 0.2) is 5.78 Å². The summed E-state index contributed by atoms with van der Waals surface area (Å²) in [6.07, 6.45) is 1.11. The fourth-order valence-electron chi connectivity index (χ4n) is 4.33. The Hall–Kier alpha value is -2.90. The Morgan fingerprint density at radius 3 is 2.65 bits per heavy atom. The average molecular weight is 440 g/mol. The van der Waals surface area contributed by atoms with Gasteiger partial charge in [0, 0.05) is 47.2 Å². The van der Waals surface area contributed by atoms with Gasteiger partial charge >= 0.3 is 5.97 Å². The SMILES string of the molecule is COCCOC(=O)C1=C(C)NC2=C(C(=O)C[C@@H](c3cccs3)C2)[C@@H]1c1ccc(O)cc1. The second-order valence-corrected chi connectivity index (χ2v) is 8.73. The van der Waals surface area contributed by atoms with Gasteiger partial charge in [-0.1, -0.05) is 18.2 Å². The van der Waals surface area contributed by atoms with Crippen molar-refractivity contribution in [3.05, 3.63) is 74.8 Å². The maximum Gasteiger partial charge on any atom is 0.336 e. The minimum absolute atomic E-state index is 0.0277. The van der Waals surface area contributed by atoms with E-state index in [1.54, 1.807) is 42.7 Å². The van der Waals surface area contributed by atoms with Gasteiger partial charge in [-0.15, -0.1) is 11.3 Å². The highest BCUT2D eigenvalue weighted by molar-refractivity contribution is 7.10. The van der Waals surface area contributed by atoms with E-state index in [4.69, 9.17) is 9.47 Å². The summed E-state index contributed by atoms with van der Waals surface area (Å²) >= 11 is 1.66. The van der Waals surface area contributed by atoms with Crippen LogP contribution in [0.2, 0.25) is 0 Å². The Kier molecular flexibility index (Phi) is 6.25. The second-order valence-electron chi connectivity index (χ2n) is 7.75. The number of esters is 1. The van der Waals surface area contributed by atoms with Crippen LogP contribution in [-0.2, 0) is 19.1 Å². The lowest BCUT2D eigenvalue weighted by Gasteiger charge is -2.36. The highest BCUT2D eigenvalue weighted by atomic mass is 32.1. The summed E-state index contributed by atoms with van der Waals surface area (Å²) in [7, 11) is 1.54. The van der Waals surface area contributed by atoms with E-state index in [2.05, 4.69) is 11.4 Å². The van der Waals surface area contributed by atoms with Crippen LogP contribution < -0.4 is 5.32 Å². The number of ketones is 1. The van der Waals surface area contributed by atoms with Gasteiger partial charge in [-0.05, 0) is 42.5 Å². The topological polar surface area (TPSA) is 84.9 Å². The third-order valence-corrected chi connectivity index (χ3v) is 6.77. The van der Waals surface area contributed by atoms with E-state index in [1.165, 1.54) is 4.88 Å². The van der Waals surface area contributed by atoms with Crippen molar-refractivity contribution >= 4 is 23.1 Å². The van der Waals surface area contributed by atoms with Crippen LogP contribution in [0.15, 0.2) is 64.3 Å². The minimum Gasteiger partial charge on any atom is -0.508 e. The number of allylic oxidation sites excluding steroid dienone is 3. The molecule has 4 rings (SSSR count). The molecule has 1 aromatic carbocycles. The molecule has 2 atom stereocenters. The van der Waals surface area contributed by atoms with Crippen molar-refractivity contribution in [3.8, 4) is 5.75 Å². The molecule has 1 aromatic heterocycles. The number of carbonyl (C=O) groups is 2. The molecule has 0 fully saturated rings. The molecule has 7 heteroatoms. The van der Waals surface area contributed by atoms with Gasteiger partial charge in [-0.2, -0.15) is 0 Å². The molecule has 6 nitrogen and oxygen atoms in total. The number of nitrogens with one attached hydrogen (secondary N) is 1. The van der Waals surface area contributed by atoms with Gasteiger partial charge in [0.1, 0.15) is 12.4 Å². The Labute approximate surface area is 185 Å². The van der Waals surface area contributed by atoms with Crippen LogP contribution in [0.3, 0.4) is 0 Å². The van der Waals surface area contributed by atoms with E-state index in [1.807, 2.05) is 18.4 Å². The first-order valence-corrected chi connectivity index (χ1v) is 11.1. The number of ether oxygens (including phenoxy) is 2. The summed E-state index contributed by atoms with van der Waals surface area (Å²) in [5, 5.41) is 15.1. The molecular weight excluding hydrogens is 414 g/mol. The summed E-state index contributed by atoms with van der Waals surface area (Å²) < 4.78 is 10.4. The van der Waals surface area contributed by atoms with Crippen molar-refractivity contribution in [1.82, 2.24) is 5.32 Å². The quantitative estimate of drug-likeness (QED) is 0.523. The molecule has 0 saturated heterocycles. The zero-order chi connectivity index (χ0) is 22.0. The van der Waals surface area contributed by atoms with Crippen LogP contribution in [0.5, 0.6) is 5.75 Å². The number of dihydropyridines is 1. The third kappa shape index (κ3) is 4.29. The molecule has 2 heterocycles. The smallest absolute Gasteiger partial charge is 0.336 e. The first kappa shape index (κ1) is 21.3. The van der Waals surface area contributed by atoms with Gasteiger partial charge in [-0.25, -0.2) is 4.79 Å². The molecular formula is C24H25NO5S. The second kappa shape index (κ2) is 9.08. The molecule has 2 aliphatic rings. The van der Waals surface area contributed by atoms with Gasteiger partial charge < -0.3 is 19.9 Å². The standard InChI is InChI=1S/C24H25NO5S/c1-14-21(24(28)30-10-9-29-2)22(15-5-7-17(26)8-6-15)23-18(25-14)12-16(13-19(23)27)20-4-3-11-31-20/h3-8,11,16,22,25-26H,9-10,12-13H2,1-2H3/t16-,22+/m0/s1. The van der Waals surface area contributed by atoms with E-state index in [-0.39, 0.29) is 24.1 Å². The van der Waals surface area contributed by atoms with Gasteiger partial charge in [-0.3, -0.25) is 4.79 Å². The predicted octanol–water partition coefficient (Wildman–Crippen LogP) is 4.00. The summed E-state index contributed by atoms with van der Waals surface area (Å²) in [5.74, 6) is -0.727. The summed E-state index contributed by atoms with van der Waals surface area (Å²) in [4.78, 5) is 27.6. The van der Waals surface area contributed by atoms with Crippen LogP contribution in [0.1, 0.15) is 42.0 Å². The number of Topliss-reactive ketones (excluding diaryl/α,β-unsaturated/α-hetero) is 1. The first-order valence-electron chi connectivity index (χ1n) is 10.2. The molecule has 31 heavy (non-hydrogen) atoms. The number of thiophene rings is 1. The number of rotatable bonds is 6. The Morgan fingerprint density at radius 2 is 1.97 bits per heavy atom. The monoisotopic (exact) mass is 439 g/mol. The van der Waals surface area contributed by atoms with Crippen molar-refractivity contribution < 1.29 is 24.2 Å². The lowest BCUT2D eigenvalue weighted by atomic mass is 9.72. The highest BCUT2D eigenvalue weighted by Gasteiger charge is 2.41. The average Bonchev–Trinajstić information content (AvgIpc) is 3.28. The largest absolute Gasteiger partial charge is 0.508 e. The Balaban J connectivity index is 1.74. The normalized spacial score (nSPS) is 21.0. The molecule has 1 aliphatic heterocycles. The zero-order valence-corrected chi connectivity index (χ0v) is 18.3. The van der Waals surface area contributed by atoms with Crippen LogP contribution in [0, 0.1) is 0 Å². The summed E-state index contributed by atoms with van der Waals surface area (Å²) in [6.45, 7) is 2.27. The van der Waals surface area contributed by atoms with Crippen LogP contribution in [-0.4, -0.2) is 37.2 Å². The summed E-state index contributed by atoms with van der Waals surface area (Å²) in [5.41, 5.74) is 3.34. The zero-order valence-electron chi connectivity index (χ0n) is 17.5. The number of benzene rings is 1. The molecule has 0 amide bonds. The fraction of sp³-hybridized carbons (Fsp3) is 0.333. The predicted molar refractivity (Wildman–Crippen MR) is 118 cm³/mol. The molecule has 0 spiro atoms.